The van der Waals surface area contributed by atoms with Gasteiger partial charge in [0.25, 0.3) is 0 Å². The van der Waals surface area contributed by atoms with E-state index in [1.165, 1.54) is 11.3 Å². The molecule has 1 atom stereocenters. The van der Waals surface area contributed by atoms with Gasteiger partial charge in [0.2, 0.25) is 0 Å². The lowest BCUT2D eigenvalue weighted by molar-refractivity contribution is 0.699. The maximum absolute atomic E-state index is 5.91. The standard InChI is InChI=1S/C11H18N2/c1-4-11(12)9-5-7-10(8-6-9)13(2)3/h5-8,11H,4,12H2,1-3H3/t11-/m0/s1. The van der Waals surface area contributed by atoms with E-state index < -0.39 is 0 Å². The summed E-state index contributed by atoms with van der Waals surface area (Å²) in [6.07, 6.45) is 0.987. The molecule has 0 amide bonds. The van der Waals surface area contributed by atoms with Crippen molar-refractivity contribution in [1.29, 1.82) is 0 Å². The normalized spacial score (nSPS) is 12.6. The molecule has 2 nitrogen and oxygen atoms in total. The lowest BCUT2D eigenvalue weighted by Gasteiger charge is -2.14. The zero-order valence-electron chi connectivity index (χ0n) is 8.62. The van der Waals surface area contributed by atoms with E-state index in [0.717, 1.165) is 6.42 Å². The second-order valence-electron chi connectivity index (χ2n) is 3.50. The Labute approximate surface area is 80.4 Å². The summed E-state index contributed by atoms with van der Waals surface area (Å²) in [5, 5.41) is 0. The average molecular weight is 178 g/mol. The van der Waals surface area contributed by atoms with Gasteiger partial charge in [-0.05, 0) is 24.1 Å². The minimum absolute atomic E-state index is 0.177. The van der Waals surface area contributed by atoms with Crippen LogP contribution in [0.2, 0.25) is 0 Å². The highest BCUT2D eigenvalue weighted by Gasteiger charge is 2.02. The zero-order valence-corrected chi connectivity index (χ0v) is 8.62. The van der Waals surface area contributed by atoms with Gasteiger partial charge in [0.05, 0.1) is 0 Å². The number of nitrogens with two attached hydrogens (primary N) is 1. The number of anilines is 1. The zero-order chi connectivity index (χ0) is 9.84. The minimum Gasteiger partial charge on any atom is -0.378 e. The van der Waals surface area contributed by atoms with Crippen molar-refractivity contribution in [1.82, 2.24) is 0 Å². The van der Waals surface area contributed by atoms with Crippen LogP contribution in [0.15, 0.2) is 24.3 Å². The molecule has 0 radical (unpaired) electrons. The molecule has 0 aliphatic carbocycles. The van der Waals surface area contributed by atoms with Gasteiger partial charge in [0, 0.05) is 25.8 Å². The highest BCUT2D eigenvalue weighted by molar-refractivity contribution is 5.46. The predicted octanol–water partition coefficient (Wildman–Crippen LogP) is 2.16. The number of hydrogen-bond acceptors (Lipinski definition) is 2. The fourth-order valence-electron chi connectivity index (χ4n) is 1.26. The molecular formula is C11H18N2. The van der Waals surface area contributed by atoms with Gasteiger partial charge in [0.15, 0.2) is 0 Å². The minimum atomic E-state index is 0.177. The van der Waals surface area contributed by atoms with Gasteiger partial charge in [-0.2, -0.15) is 0 Å². The van der Waals surface area contributed by atoms with Crippen molar-refractivity contribution in [2.75, 3.05) is 19.0 Å². The molecule has 1 aromatic carbocycles. The maximum Gasteiger partial charge on any atom is 0.0361 e. The Kier molecular flexibility index (Phi) is 3.32. The Morgan fingerprint density at radius 3 is 2.15 bits per heavy atom. The third kappa shape index (κ3) is 2.46. The molecule has 0 saturated carbocycles. The van der Waals surface area contributed by atoms with Crippen LogP contribution in [-0.4, -0.2) is 14.1 Å². The molecule has 0 heterocycles. The molecule has 0 unspecified atom stereocenters. The van der Waals surface area contributed by atoms with Crippen LogP contribution in [0.5, 0.6) is 0 Å². The summed E-state index contributed by atoms with van der Waals surface area (Å²) in [7, 11) is 4.07. The van der Waals surface area contributed by atoms with Crippen molar-refractivity contribution in [2.45, 2.75) is 19.4 Å². The van der Waals surface area contributed by atoms with E-state index >= 15 is 0 Å². The van der Waals surface area contributed by atoms with Crippen molar-refractivity contribution < 1.29 is 0 Å². The topological polar surface area (TPSA) is 29.3 Å². The molecular weight excluding hydrogens is 160 g/mol. The second-order valence-corrected chi connectivity index (χ2v) is 3.50. The smallest absolute Gasteiger partial charge is 0.0361 e. The fourth-order valence-corrected chi connectivity index (χ4v) is 1.26. The summed E-state index contributed by atoms with van der Waals surface area (Å²) in [4.78, 5) is 2.08. The Morgan fingerprint density at radius 2 is 1.77 bits per heavy atom. The molecule has 1 aromatic rings. The van der Waals surface area contributed by atoms with Crippen LogP contribution >= 0.6 is 0 Å². The molecule has 0 bridgehead atoms. The van der Waals surface area contributed by atoms with Crippen LogP contribution in [0.1, 0.15) is 24.9 Å². The molecule has 0 aromatic heterocycles. The summed E-state index contributed by atoms with van der Waals surface area (Å²) < 4.78 is 0. The van der Waals surface area contributed by atoms with Gasteiger partial charge in [-0.25, -0.2) is 0 Å². The highest BCUT2D eigenvalue weighted by Crippen LogP contribution is 2.17. The van der Waals surface area contributed by atoms with Crippen LogP contribution in [-0.2, 0) is 0 Å². The van der Waals surface area contributed by atoms with Crippen molar-refractivity contribution >= 4 is 5.69 Å². The molecule has 1 rings (SSSR count). The molecule has 2 N–H and O–H groups in total. The molecule has 0 aliphatic heterocycles. The molecule has 0 aliphatic rings. The lowest BCUT2D eigenvalue weighted by atomic mass is 10.1. The third-order valence-corrected chi connectivity index (χ3v) is 2.28. The second kappa shape index (κ2) is 4.28. The van der Waals surface area contributed by atoms with Crippen molar-refractivity contribution in [3.05, 3.63) is 29.8 Å². The monoisotopic (exact) mass is 178 g/mol. The van der Waals surface area contributed by atoms with Gasteiger partial charge < -0.3 is 10.6 Å². The van der Waals surface area contributed by atoms with Crippen molar-refractivity contribution in [3.63, 3.8) is 0 Å². The quantitative estimate of drug-likeness (QED) is 0.768. The lowest BCUT2D eigenvalue weighted by Crippen LogP contribution is -2.11. The largest absolute Gasteiger partial charge is 0.378 e. The first-order valence-electron chi connectivity index (χ1n) is 4.68. The predicted molar refractivity (Wildman–Crippen MR) is 58.0 cm³/mol. The first-order chi connectivity index (χ1) is 6.15. The first kappa shape index (κ1) is 10.1. The van der Waals surface area contributed by atoms with E-state index in [-0.39, 0.29) is 6.04 Å². The molecule has 13 heavy (non-hydrogen) atoms. The summed E-state index contributed by atoms with van der Waals surface area (Å²) >= 11 is 0. The Bertz CT molecular complexity index is 251. The molecule has 72 valence electrons. The van der Waals surface area contributed by atoms with Crippen LogP contribution in [0.25, 0.3) is 0 Å². The summed E-state index contributed by atoms with van der Waals surface area (Å²) in [6, 6.07) is 8.58. The summed E-state index contributed by atoms with van der Waals surface area (Å²) in [5.74, 6) is 0. The first-order valence-corrected chi connectivity index (χ1v) is 4.68. The van der Waals surface area contributed by atoms with Gasteiger partial charge in [-0.3, -0.25) is 0 Å². The SMILES string of the molecule is CC[C@H](N)c1ccc(N(C)C)cc1. The van der Waals surface area contributed by atoms with Crippen molar-refractivity contribution in [2.24, 2.45) is 5.73 Å². The molecule has 0 spiro atoms. The number of nitrogens with zero attached hydrogens (tertiary/aromatic N) is 1. The van der Waals surface area contributed by atoms with E-state index in [4.69, 9.17) is 5.73 Å². The van der Waals surface area contributed by atoms with E-state index in [9.17, 15) is 0 Å². The Hall–Kier alpha value is -1.02. The summed E-state index contributed by atoms with van der Waals surface area (Å²) in [6.45, 7) is 2.10. The Balaban J connectivity index is 2.81. The van der Waals surface area contributed by atoms with Gasteiger partial charge in [-0.1, -0.05) is 19.1 Å². The molecule has 0 fully saturated rings. The van der Waals surface area contributed by atoms with Gasteiger partial charge in [-0.15, -0.1) is 0 Å². The van der Waals surface area contributed by atoms with Gasteiger partial charge >= 0.3 is 0 Å². The van der Waals surface area contributed by atoms with E-state index in [2.05, 4.69) is 36.1 Å². The Morgan fingerprint density at radius 1 is 1.23 bits per heavy atom. The van der Waals surface area contributed by atoms with Crippen LogP contribution in [0, 0.1) is 0 Å². The molecule has 2 heteroatoms. The van der Waals surface area contributed by atoms with Crippen molar-refractivity contribution in [3.8, 4) is 0 Å². The number of hydrogen-bond donors (Lipinski definition) is 1. The third-order valence-electron chi connectivity index (χ3n) is 2.28. The van der Waals surface area contributed by atoms with Crippen LogP contribution in [0.4, 0.5) is 5.69 Å². The number of rotatable bonds is 3. The van der Waals surface area contributed by atoms with Crippen LogP contribution < -0.4 is 10.6 Å². The fraction of sp³-hybridized carbons (Fsp3) is 0.455. The number of benzene rings is 1. The van der Waals surface area contributed by atoms with Gasteiger partial charge in [0.1, 0.15) is 0 Å². The van der Waals surface area contributed by atoms with E-state index in [1.807, 2.05) is 14.1 Å². The molecule has 0 saturated heterocycles. The van der Waals surface area contributed by atoms with E-state index in [0.29, 0.717) is 0 Å². The summed E-state index contributed by atoms with van der Waals surface area (Å²) in [5.41, 5.74) is 8.34. The van der Waals surface area contributed by atoms with Crippen LogP contribution in [0.3, 0.4) is 0 Å². The highest BCUT2D eigenvalue weighted by atomic mass is 15.1. The maximum atomic E-state index is 5.91. The van der Waals surface area contributed by atoms with E-state index in [1.54, 1.807) is 0 Å². The average Bonchev–Trinajstić information content (AvgIpc) is 2.17.